The fourth-order valence-electron chi connectivity index (χ4n) is 1.96. The minimum absolute atomic E-state index is 0.0762. The van der Waals surface area contributed by atoms with Crippen LogP contribution in [-0.2, 0) is 6.42 Å². The van der Waals surface area contributed by atoms with Crippen LogP contribution >= 0.6 is 0 Å². The second kappa shape index (κ2) is 5.69. The number of anilines is 3. The van der Waals surface area contributed by atoms with E-state index in [1.807, 2.05) is 24.3 Å². The van der Waals surface area contributed by atoms with Crippen LogP contribution in [0.2, 0.25) is 0 Å². The number of para-hydroxylation sites is 1. The Morgan fingerprint density at radius 2 is 1.84 bits per heavy atom. The van der Waals surface area contributed by atoms with E-state index in [9.17, 15) is 8.78 Å². The van der Waals surface area contributed by atoms with Crippen LogP contribution in [0.25, 0.3) is 0 Å². The van der Waals surface area contributed by atoms with Crippen molar-refractivity contribution in [2.45, 2.75) is 19.8 Å². The van der Waals surface area contributed by atoms with Crippen LogP contribution in [0.15, 0.2) is 36.4 Å². The molecule has 2 rings (SSSR count). The molecule has 0 saturated carbocycles. The van der Waals surface area contributed by atoms with Gasteiger partial charge in [0.05, 0.1) is 11.4 Å². The van der Waals surface area contributed by atoms with E-state index in [4.69, 9.17) is 5.73 Å². The Morgan fingerprint density at radius 3 is 2.58 bits per heavy atom. The van der Waals surface area contributed by atoms with E-state index < -0.39 is 11.6 Å². The third-order valence-electron chi connectivity index (χ3n) is 2.90. The topological polar surface area (TPSA) is 38.0 Å². The highest BCUT2D eigenvalue weighted by molar-refractivity contribution is 5.74. The van der Waals surface area contributed by atoms with E-state index in [-0.39, 0.29) is 11.4 Å². The van der Waals surface area contributed by atoms with Crippen molar-refractivity contribution in [2.75, 3.05) is 11.1 Å². The SMILES string of the molecule is CCCc1ccccc1Nc1cc(F)cc(F)c1N. The van der Waals surface area contributed by atoms with E-state index in [1.54, 1.807) is 0 Å². The molecule has 100 valence electrons. The summed E-state index contributed by atoms with van der Waals surface area (Å²) in [5.41, 5.74) is 7.71. The van der Waals surface area contributed by atoms with Gasteiger partial charge in [-0.15, -0.1) is 0 Å². The van der Waals surface area contributed by atoms with Crippen molar-refractivity contribution < 1.29 is 8.78 Å². The summed E-state index contributed by atoms with van der Waals surface area (Å²) in [6, 6.07) is 9.63. The molecule has 0 bridgehead atoms. The molecule has 0 aliphatic rings. The summed E-state index contributed by atoms with van der Waals surface area (Å²) in [4.78, 5) is 0. The first-order valence-corrected chi connectivity index (χ1v) is 6.21. The molecule has 0 aliphatic heterocycles. The fourth-order valence-corrected chi connectivity index (χ4v) is 1.96. The number of hydrogen-bond acceptors (Lipinski definition) is 2. The summed E-state index contributed by atoms with van der Waals surface area (Å²) >= 11 is 0. The first-order chi connectivity index (χ1) is 9.11. The van der Waals surface area contributed by atoms with Gasteiger partial charge in [-0.1, -0.05) is 31.5 Å². The highest BCUT2D eigenvalue weighted by Crippen LogP contribution is 2.28. The summed E-state index contributed by atoms with van der Waals surface area (Å²) < 4.78 is 26.6. The lowest BCUT2D eigenvalue weighted by Crippen LogP contribution is -2.02. The molecule has 19 heavy (non-hydrogen) atoms. The fraction of sp³-hybridized carbons (Fsp3) is 0.200. The number of benzene rings is 2. The van der Waals surface area contributed by atoms with Gasteiger partial charge < -0.3 is 11.1 Å². The lowest BCUT2D eigenvalue weighted by molar-refractivity contribution is 0.587. The lowest BCUT2D eigenvalue weighted by Gasteiger charge is -2.13. The van der Waals surface area contributed by atoms with Crippen molar-refractivity contribution in [2.24, 2.45) is 0 Å². The smallest absolute Gasteiger partial charge is 0.151 e. The number of halogens is 2. The Kier molecular flexibility index (Phi) is 4.00. The summed E-state index contributed by atoms with van der Waals surface area (Å²) in [5.74, 6) is -1.40. The maximum Gasteiger partial charge on any atom is 0.151 e. The zero-order valence-corrected chi connectivity index (χ0v) is 10.7. The number of nitrogen functional groups attached to an aromatic ring is 1. The second-order valence-electron chi connectivity index (χ2n) is 4.38. The maximum atomic E-state index is 13.4. The van der Waals surface area contributed by atoms with Crippen LogP contribution in [0.5, 0.6) is 0 Å². The number of nitrogens with one attached hydrogen (secondary N) is 1. The van der Waals surface area contributed by atoms with Gasteiger partial charge in [-0.05, 0) is 24.1 Å². The summed E-state index contributed by atoms with van der Waals surface area (Å²) in [6.07, 6.45) is 1.88. The predicted molar refractivity (Wildman–Crippen MR) is 74.5 cm³/mol. The highest BCUT2D eigenvalue weighted by Gasteiger charge is 2.09. The summed E-state index contributed by atoms with van der Waals surface area (Å²) in [5, 5.41) is 3.00. The third-order valence-corrected chi connectivity index (χ3v) is 2.90. The second-order valence-corrected chi connectivity index (χ2v) is 4.38. The standard InChI is InChI=1S/C15H16F2N2/c1-2-5-10-6-3-4-7-13(10)19-14-9-11(16)8-12(17)15(14)18/h3-4,6-9,19H,2,5,18H2,1H3. The molecule has 0 aliphatic carbocycles. The van der Waals surface area contributed by atoms with Crippen molar-refractivity contribution in [3.05, 3.63) is 53.6 Å². The van der Waals surface area contributed by atoms with Crippen molar-refractivity contribution in [1.29, 1.82) is 0 Å². The molecule has 0 heterocycles. The van der Waals surface area contributed by atoms with Gasteiger partial charge in [0.25, 0.3) is 0 Å². The maximum absolute atomic E-state index is 13.4. The van der Waals surface area contributed by atoms with E-state index in [1.165, 1.54) is 6.07 Å². The Bertz CT molecular complexity index is 582. The molecule has 4 heteroatoms. The quantitative estimate of drug-likeness (QED) is 0.809. The van der Waals surface area contributed by atoms with Crippen molar-refractivity contribution in [3.8, 4) is 0 Å². The van der Waals surface area contributed by atoms with E-state index in [0.717, 1.165) is 30.2 Å². The molecule has 3 N–H and O–H groups in total. The van der Waals surface area contributed by atoms with Crippen LogP contribution in [0, 0.1) is 11.6 Å². The van der Waals surface area contributed by atoms with Gasteiger partial charge in [-0.25, -0.2) is 8.78 Å². The van der Waals surface area contributed by atoms with Gasteiger partial charge >= 0.3 is 0 Å². The van der Waals surface area contributed by atoms with Gasteiger partial charge in [-0.3, -0.25) is 0 Å². The first-order valence-electron chi connectivity index (χ1n) is 6.21. The van der Waals surface area contributed by atoms with Crippen LogP contribution in [0.3, 0.4) is 0 Å². The minimum Gasteiger partial charge on any atom is -0.395 e. The van der Waals surface area contributed by atoms with Gasteiger partial charge in [-0.2, -0.15) is 0 Å². The third kappa shape index (κ3) is 3.02. The number of nitrogens with two attached hydrogens (primary N) is 1. The molecule has 2 nitrogen and oxygen atoms in total. The first kappa shape index (κ1) is 13.3. The number of hydrogen-bond donors (Lipinski definition) is 2. The molecular weight excluding hydrogens is 246 g/mol. The van der Waals surface area contributed by atoms with Crippen LogP contribution in [-0.4, -0.2) is 0 Å². The predicted octanol–water partition coefficient (Wildman–Crippen LogP) is 4.24. The lowest BCUT2D eigenvalue weighted by atomic mass is 10.1. The molecule has 0 fully saturated rings. The van der Waals surface area contributed by atoms with E-state index in [0.29, 0.717) is 0 Å². The van der Waals surface area contributed by atoms with Crippen LogP contribution < -0.4 is 11.1 Å². The molecule has 0 aromatic heterocycles. The zero-order valence-electron chi connectivity index (χ0n) is 10.7. The molecular formula is C15H16F2N2. The molecule has 0 amide bonds. The monoisotopic (exact) mass is 262 g/mol. The Morgan fingerprint density at radius 1 is 1.11 bits per heavy atom. The van der Waals surface area contributed by atoms with Crippen molar-refractivity contribution >= 4 is 17.1 Å². The molecule has 2 aromatic rings. The molecule has 0 atom stereocenters. The van der Waals surface area contributed by atoms with Gasteiger partial charge in [0, 0.05) is 11.8 Å². The summed E-state index contributed by atoms with van der Waals surface area (Å²) in [7, 11) is 0. The van der Waals surface area contributed by atoms with Crippen LogP contribution in [0.1, 0.15) is 18.9 Å². The van der Waals surface area contributed by atoms with Gasteiger partial charge in [0.1, 0.15) is 5.82 Å². The number of rotatable bonds is 4. The Labute approximate surface area is 111 Å². The van der Waals surface area contributed by atoms with Crippen molar-refractivity contribution in [1.82, 2.24) is 0 Å². The molecule has 0 saturated heterocycles. The molecule has 0 radical (unpaired) electrons. The summed E-state index contributed by atoms with van der Waals surface area (Å²) in [6.45, 7) is 2.08. The van der Waals surface area contributed by atoms with E-state index in [2.05, 4.69) is 12.2 Å². The van der Waals surface area contributed by atoms with Crippen molar-refractivity contribution in [3.63, 3.8) is 0 Å². The van der Waals surface area contributed by atoms with Gasteiger partial charge in [0.2, 0.25) is 0 Å². The van der Waals surface area contributed by atoms with Crippen LogP contribution in [0.4, 0.5) is 25.8 Å². The van der Waals surface area contributed by atoms with E-state index >= 15 is 0 Å². The highest BCUT2D eigenvalue weighted by atomic mass is 19.1. The number of aryl methyl sites for hydroxylation is 1. The average Bonchev–Trinajstić information content (AvgIpc) is 2.38. The largest absolute Gasteiger partial charge is 0.395 e. The molecule has 0 spiro atoms. The minimum atomic E-state index is -0.754. The Balaban J connectivity index is 2.36. The normalized spacial score (nSPS) is 10.5. The Hall–Kier alpha value is -2.10. The zero-order chi connectivity index (χ0) is 13.8. The molecule has 2 aromatic carbocycles. The molecule has 0 unspecified atom stereocenters. The van der Waals surface area contributed by atoms with Gasteiger partial charge in [0.15, 0.2) is 5.82 Å². The average molecular weight is 262 g/mol.